The number of halogens is 3. The molecule has 3 rings (SSSR count). The number of alkyl halides is 3. The summed E-state index contributed by atoms with van der Waals surface area (Å²) in [5.41, 5.74) is -2.33. The van der Waals surface area contributed by atoms with Crippen LogP contribution in [0.4, 0.5) is 18.9 Å². The maximum atomic E-state index is 13.7. The van der Waals surface area contributed by atoms with Gasteiger partial charge in [0.25, 0.3) is 16.0 Å². The molecule has 0 spiro atoms. The van der Waals surface area contributed by atoms with Gasteiger partial charge in [-0.05, 0) is 76.2 Å². The second-order valence-electron chi connectivity index (χ2n) is 8.82. The molecule has 36 heavy (non-hydrogen) atoms. The maximum Gasteiger partial charge on any atom is 0.418 e. The van der Waals surface area contributed by atoms with E-state index in [-0.39, 0.29) is 40.8 Å². The van der Waals surface area contributed by atoms with Gasteiger partial charge in [-0.15, -0.1) is 0 Å². The van der Waals surface area contributed by atoms with E-state index >= 15 is 0 Å². The van der Waals surface area contributed by atoms with Crippen LogP contribution in [0.5, 0.6) is 0 Å². The number of rotatable bonds is 7. The van der Waals surface area contributed by atoms with Crippen molar-refractivity contribution in [2.75, 3.05) is 18.1 Å². The fraction of sp³-hybridized carbons (Fsp3) is 0.375. The predicted molar refractivity (Wildman–Crippen MR) is 131 cm³/mol. The average molecular weight is 540 g/mol. The summed E-state index contributed by atoms with van der Waals surface area (Å²) in [4.78, 5) is 15.8. The van der Waals surface area contributed by atoms with E-state index in [1.54, 1.807) is 26.0 Å². The Hall–Kier alpha value is -3.01. The molecule has 1 amide bonds. The van der Waals surface area contributed by atoms with Crippen LogP contribution in [0.3, 0.4) is 0 Å². The van der Waals surface area contributed by atoms with Gasteiger partial charge < -0.3 is 4.90 Å². The van der Waals surface area contributed by atoms with Crippen molar-refractivity contribution in [3.05, 3.63) is 58.7 Å². The lowest BCUT2D eigenvalue weighted by Crippen LogP contribution is -2.44. The molecule has 1 aliphatic heterocycles. The van der Waals surface area contributed by atoms with Crippen LogP contribution in [0, 0.1) is 25.2 Å². The Balaban J connectivity index is 1.80. The lowest BCUT2D eigenvalue weighted by molar-refractivity contribution is -0.138. The summed E-state index contributed by atoms with van der Waals surface area (Å²) >= 11 is 5.46. The number of nitrogens with zero attached hydrogens (tertiary/aromatic N) is 3. The molecule has 0 unspecified atom stereocenters. The largest absolute Gasteiger partial charge is 0.418 e. The molecule has 0 aliphatic carbocycles. The zero-order chi connectivity index (χ0) is 27.1. The minimum Gasteiger partial charge on any atom is -0.334 e. The molecule has 12 heteroatoms. The van der Waals surface area contributed by atoms with Gasteiger partial charge in [0.15, 0.2) is 5.11 Å². The summed E-state index contributed by atoms with van der Waals surface area (Å²) in [7, 11) is -3.97. The lowest BCUT2D eigenvalue weighted by atomic mass is 9.98. The van der Waals surface area contributed by atoms with Crippen molar-refractivity contribution >= 4 is 39.0 Å². The van der Waals surface area contributed by atoms with Gasteiger partial charge in [-0.1, -0.05) is 17.7 Å². The highest BCUT2D eigenvalue weighted by Gasteiger charge is 2.50. The maximum absolute atomic E-state index is 13.7. The first-order valence-corrected chi connectivity index (χ1v) is 12.7. The van der Waals surface area contributed by atoms with Gasteiger partial charge in [-0.3, -0.25) is 13.9 Å². The van der Waals surface area contributed by atoms with E-state index in [4.69, 9.17) is 21.7 Å². The summed E-state index contributed by atoms with van der Waals surface area (Å²) in [6.07, 6.45) is -4.62. The van der Waals surface area contributed by atoms with Crippen LogP contribution < -0.4 is 4.90 Å². The number of carbonyl (C=O) groups excluding carboxylic acids is 1. The zero-order valence-corrected chi connectivity index (χ0v) is 21.6. The topological polar surface area (TPSA) is 90.7 Å². The molecule has 2 aromatic carbocycles. The highest BCUT2D eigenvalue weighted by molar-refractivity contribution is 7.86. The third-order valence-electron chi connectivity index (χ3n) is 5.98. The quantitative estimate of drug-likeness (QED) is 0.286. The van der Waals surface area contributed by atoms with E-state index in [0.717, 1.165) is 16.5 Å². The number of carbonyl (C=O) groups is 1. The van der Waals surface area contributed by atoms with Crippen molar-refractivity contribution in [3.8, 4) is 6.07 Å². The van der Waals surface area contributed by atoms with Gasteiger partial charge in [-0.25, -0.2) is 0 Å². The molecule has 0 saturated carbocycles. The Kier molecular flexibility index (Phi) is 7.51. The molecule has 1 fully saturated rings. The highest BCUT2D eigenvalue weighted by Crippen LogP contribution is 2.41. The number of nitriles is 1. The monoisotopic (exact) mass is 539 g/mol. The number of hydrogen-bond donors (Lipinski definition) is 0. The predicted octanol–water partition coefficient (Wildman–Crippen LogP) is 4.70. The first kappa shape index (κ1) is 27.6. The molecule has 1 aliphatic rings. The van der Waals surface area contributed by atoms with Crippen LogP contribution in [0.2, 0.25) is 0 Å². The van der Waals surface area contributed by atoms with Crippen LogP contribution in [0.25, 0.3) is 0 Å². The van der Waals surface area contributed by atoms with E-state index in [1.165, 1.54) is 36.1 Å². The van der Waals surface area contributed by atoms with Crippen LogP contribution >= 0.6 is 12.2 Å². The number of amides is 1. The van der Waals surface area contributed by atoms with E-state index in [0.29, 0.717) is 0 Å². The summed E-state index contributed by atoms with van der Waals surface area (Å²) in [5, 5.41) is 9.11. The number of anilines is 1. The smallest absolute Gasteiger partial charge is 0.334 e. The standard InChI is InChI=1S/C24H24F3N3O4S2/c1-15-6-9-18(10-7-15)36(32,33)34-13-5-12-29-22(35)30(21(31)23(29,3)4)19-11-8-17(14-28)20(16(19)2)24(25,26)27/h6-11H,5,12-13H2,1-4H3. The van der Waals surface area contributed by atoms with E-state index in [1.807, 2.05) is 6.92 Å². The summed E-state index contributed by atoms with van der Waals surface area (Å²) in [6, 6.07) is 10.0. The molecule has 1 saturated heterocycles. The van der Waals surface area contributed by atoms with Gasteiger partial charge in [0, 0.05) is 6.54 Å². The molecule has 0 bridgehead atoms. The molecule has 7 nitrogen and oxygen atoms in total. The van der Waals surface area contributed by atoms with Crippen LogP contribution in [-0.2, 0) is 25.3 Å². The number of aryl methyl sites for hydroxylation is 1. The third kappa shape index (κ3) is 5.09. The normalized spacial score (nSPS) is 15.9. The van der Waals surface area contributed by atoms with E-state index in [9.17, 15) is 26.4 Å². The molecular weight excluding hydrogens is 515 g/mol. The molecule has 0 aromatic heterocycles. The van der Waals surface area contributed by atoms with E-state index in [2.05, 4.69) is 0 Å². The van der Waals surface area contributed by atoms with Gasteiger partial charge in [-0.2, -0.15) is 26.9 Å². The van der Waals surface area contributed by atoms with Gasteiger partial charge >= 0.3 is 6.18 Å². The zero-order valence-electron chi connectivity index (χ0n) is 20.0. The van der Waals surface area contributed by atoms with Gasteiger partial charge in [0.2, 0.25) is 0 Å². The average Bonchev–Trinajstić information content (AvgIpc) is 2.94. The van der Waals surface area contributed by atoms with Crippen molar-refractivity contribution in [1.82, 2.24) is 4.90 Å². The van der Waals surface area contributed by atoms with Crippen molar-refractivity contribution in [3.63, 3.8) is 0 Å². The molecule has 1 heterocycles. The van der Waals surface area contributed by atoms with Crippen LogP contribution in [0.1, 0.15) is 42.5 Å². The minimum atomic E-state index is -4.80. The number of thiocarbonyl (C=S) groups is 1. The lowest BCUT2D eigenvalue weighted by Gasteiger charge is -2.29. The minimum absolute atomic E-state index is 0.0169. The van der Waals surface area contributed by atoms with Crippen molar-refractivity contribution in [1.29, 1.82) is 5.26 Å². The molecule has 0 N–H and O–H groups in total. The SMILES string of the molecule is Cc1ccc(S(=O)(=O)OCCCN2C(=S)N(c3ccc(C#N)c(C(F)(F)F)c3C)C(=O)C2(C)C)cc1. The van der Waals surface area contributed by atoms with Crippen molar-refractivity contribution < 1.29 is 30.6 Å². The first-order valence-electron chi connectivity index (χ1n) is 10.9. The Morgan fingerprint density at radius 2 is 1.72 bits per heavy atom. The third-order valence-corrected chi connectivity index (χ3v) is 7.71. The second-order valence-corrected chi connectivity index (χ2v) is 10.8. The van der Waals surface area contributed by atoms with Crippen molar-refractivity contribution in [2.45, 2.75) is 50.7 Å². The molecular formula is C24H24F3N3O4S2. The van der Waals surface area contributed by atoms with E-state index < -0.39 is 38.9 Å². The van der Waals surface area contributed by atoms with Crippen LogP contribution in [-0.4, -0.2) is 43.0 Å². The molecule has 2 aromatic rings. The molecule has 0 atom stereocenters. The van der Waals surface area contributed by atoms with Gasteiger partial charge in [0.05, 0.1) is 34.4 Å². The van der Waals surface area contributed by atoms with Crippen molar-refractivity contribution in [2.24, 2.45) is 0 Å². The Morgan fingerprint density at radius 1 is 1.11 bits per heavy atom. The highest BCUT2D eigenvalue weighted by atomic mass is 32.2. The first-order chi connectivity index (χ1) is 16.6. The molecule has 192 valence electrons. The Bertz CT molecular complexity index is 1350. The van der Waals surface area contributed by atoms with Gasteiger partial charge in [0.1, 0.15) is 5.54 Å². The fourth-order valence-electron chi connectivity index (χ4n) is 3.99. The second kappa shape index (κ2) is 9.80. The summed E-state index contributed by atoms with van der Waals surface area (Å²) in [6.45, 7) is 6.11. The van der Waals surface area contributed by atoms with Crippen LogP contribution in [0.15, 0.2) is 41.3 Å². The molecule has 0 radical (unpaired) electrons. The summed E-state index contributed by atoms with van der Waals surface area (Å²) < 4.78 is 70.9. The summed E-state index contributed by atoms with van der Waals surface area (Å²) in [5.74, 6) is -0.540. The Morgan fingerprint density at radius 3 is 2.28 bits per heavy atom. The fourth-order valence-corrected chi connectivity index (χ4v) is 5.43. The Labute approximate surface area is 213 Å². The number of benzene rings is 2. The number of hydrogen-bond acceptors (Lipinski definition) is 6.